The van der Waals surface area contributed by atoms with Crippen LogP contribution in [-0.2, 0) is 14.4 Å². The molecule has 1 heterocycles. The number of hydrogen-bond donors (Lipinski definition) is 1. The van der Waals surface area contributed by atoms with Crippen molar-refractivity contribution in [1.29, 1.82) is 0 Å². The van der Waals surface area contributed by atoms with E-state index in [4.69, 9.17) is 9.57 Å². The van der Waals surface area contributed by atoms with Gasteiger partial charge < -0.3 is 4.74 Å². The molecule has 0 aromatic rings. The summed E-state index contributed by atoms with van der Waals surface area (Å²) in [5, 5.41) is 0. The van der Waals surface area contributed by atoms with Crippen molar-refractivity contribution in [1.82, 2.24) is 5.48 Å². The number of carbonyl (C=O) groups is 1. The van der Waals surface area contributed by atoms with Crippen LogP contribution in [0.2, 0.25) is 0 Å². The second-order valence-electron chi connectivity index (χ2n) is 3.60. The number of esters is 1. The standard InChI is InChI=1S/C9H15NO3/c1-2-12-9(11)8-6-4-3-5-7(6)13-10-8/h6-8,10H,2-5H2,1H3/t6-,7+,8-/m1/s1. The normalized spacial score (nSPS) is 37.5. The summed E-state index contributed by atoms with van der Waals surface area (Å²) >= 11 is 0. The smallest absolute Gasteiger partial charge is 0.325 e. The number of rotatable bonds is 2. The molecule has 2 rings (SSSR count). The molecule has 1 saturated carbocycles. The topological polar surface area (TPSA) is 47.6 Å². The van der Waals surface area contributed by atoms with Gasteiger partial charge >= 0.3 is 5.97 Å². The third-order valence-corrected chi connectivity index (χ3v) is 2.82. The first-order valence-corrected chi connectivity index (χ1v) is 4.90. The number of nitrogens with one attached hydrogen (secondary N) is 1. The van der Waals surface area contributed by atoms with Crippen molar-refractivity contribution in [3.05, 3.63) is 0 Å². The minimum atomic E-state index is -0.229. The van der Waals surface area contributed by atoms with Gasteiger partial charge in [0.25, 0.3) is 0 Å². The molecule has 2 fully saturated rings. The van der Waals surface area contributed by atoms with Crippen LogP contribution in [0.25, 0.3) is 0 Å². The van der Waals surface area contributed by atoms with Crippen LogP contribution in [0.1, 0.15) is 26.2 Å². The van der Waals surface area contributed by atoms with E-state index in [1.54, 1.807) is 0 Å². The Bertz CT molecular complexity index is 207. The van der Waals surface area contributed by atoms with Gasteiger partial charge in [-0.25, -0.2) is 0 Å². The van der Waals surface area contributed by atoms with Gasteiger partial charge in [0.1, 0.15) is 6.04 Å². The molecule has 0 spiro atoms. The lowest BCUT2D eigenvalue weighted by Crippen LogP contribution is -2.36. The Hall–Kier alpha value is -0.610. The third kappa shape index (κ3) is 1.56. The molecule has 74 valence electrons. The maximum absolute atomic E-state index is 11.4. The molecule has 4 nitrogen and oxygen atoms in total. The monoisotopic (exact) mass is 185 g/mol. The molecule has 13 heavy (non-hydrogen) atoms. The molecule has 1 saturated heterocycles. The first-order valence-electron chi connectivity index (χ1n) is 4.90. The molecule has 0 aromatic heterocycles. The van der Waals surface area contributed by atoms with Gasteiger partial charge in [-0.05, 0) is 19.8 Å². The summed E-state index contributed by atoms with van der Waals surface area (Å²) in [6.45, 7) is 2.26. The third-order valence-electron chi connectivity index (χ3n) is 2.82. The molecular weight excluding hydrogens is 170 g/mol. The van der Waals surface area contributed by atoms with Crippen LogP contribution in [-0.4, -0.2) is 24.7 Å². The lowest BCUT2D eigenvalue weighted by molar-refractivity contribution is -0.147. The van der Waals surface area contributed by atoms with Gasteiger partial charge in [0.2, 0.25) is 0 Å². The van der Waals surface area contributed by atoms with Crippen LogP contribution in [0.3, 0.4) is 0 Å². The zero-order valence-corrected chi connectivity index (χ0v) is 7.79. The number of carbonyl (C=O) groups excluding carboxylic acids is 1. The highest BCUT2D eigenvalue weighted by Gasteiger charge is 2.44. The summed E-state index contributed by atoms with van der Waals surface area (Å²) in [5.74, 6) is 0.163. The first kappa shape index (κ1) is 8.97. The van der Waals surface area contributed by atoms with Crippen molar-refractivity contribution >= 4 is 5.97 Å². The van der Waals surface area contributed by atoms with E-state index in [0.29, 0.717) is 12.5 Å². The molecule has 1 aliphatic heterocycles. The minimum Gasteiger partial charge on any atom is -0.465 e. The molecule has 3 atom stereocenters. The van der Waals surface area contributed by atoms with Gasteiger partial charge in [-0.1, -0.05) is 6.42 Å². The van der Waals surface area contributed by atoms with Gasteiger partial charge in [-0.2, -0.15) is 5.48 Å². The molecular formula is C9H15NO3. The Labute approximate surface area is 77.5 Å². The fraction of sp³-hybridized carbons (Fsp3) is 0.889. The molecule has 2 aliphatic rings. The van der Waals surface area contributed by atoms with E-state index >= 15 is 0 Å². The summed E-state index contributed by atoms with van der Waals surface area (Å²) in [6, 6.07) is -0.229. The van der Waals surface area contributed by atoms with Crippen LogP contribution in [0.4, 0.5) is 0 Å². The Morgan fingerprint density at radius 3 is 3.23 bits per heavy atom. The van der Waals surface area contributed by atoms with Gasteiger partial charge in [-0.15, -0.1) is 0 Å². The quantitative estimate of drug-likeness (QED) is 0.641. The van der Waals surface area contributed by atoms with Gasteiger partial charge in [0.15, 0.2) is 0 Å². The summed E-state index contributed by atoms with van der Waals surface area (Å²) < 4.78 is 4.95. The van der Waals surface area contributed by atoms with Crippen molar-refractivity contribution in [2.24, 2.45) is 5.92 Å². The minimum absolute atomic E-state index is 0.170. The molecule has 0 radical (unpaired) electrons. The fourth-order valence-electron chi connectivity index (χ4n) is 2.19. The number of hydrogen-bond acceptors (Lipinski definition) is 4. The van der Waals surface area contributed by atoms with Gasteiger partial charge in [-0.3, -0.25) is 9.63 Å². The average Bonchev–Trinajstić information content (AvgIpc) is 2.62. The molecule has 0 aromatic carbocycles. The van der Waals surface area contributed by atoms with E-state index in [2.05, 4.69) is 5.48 Å². The number of hydroxylamine groups is 1. The van der Waals surface area contributed by atoms with E-state index < -0.39 is 0 Å². The Morgan fingerprint density at radius 1 is 1.62 bits per heavy atom. The van der Waals surface area contributed by atoms with E-state index in [0.717, 1.165) is 19.3 Å². The molecule has 4 heteroatoms. The van der Waals surface area contributed by atoms with Crippen LogP contribution >= 0.6 is 0 Å². The summed E-state index contributed by atoms with van der Waals surface area (Å²) in [7, 11) is 0. The van der Waals surface area contributed by atoms with Crippen LogP contribution in [0.5, 0.6) is 0 Å². The Morgan fingerprint density at radius 2 is 2.46 bits per heavy atom. The predicted molar refractivity (Wildman–Crippen MR) is 45.8 cm³/mol. The summed E-state index contributed by atoms with van der Waals surface area (Å²) in [5.41, 5.74) is 2.77. The van der Waals surface area contributed by atoms with Crippen LogP contribution in [0, 0.1) is 5.92 Å². The molecule has 1 aliphatic carbocycles. The molecule has 0 amide bonds. The highest BCUT2D eigenvalue weighted by atomic mass is 16.7. The molecule has 0 bridgehead atoms. The average molecular weight is 185 g/mol. The van der Waals surface area contributed by atoms with Crippen molar-refractivity contribution < 1.29 is 14.4 Å². The van der Waals surface area contributed by atoms with Gasteiger partial charge in [0, 0.05) is 5.92 Å². The lowest BCUT2D eigenvalue weighted by atomic mass is 9.98. The second-order valence-corrected chi connectivity index (χ2v) is 3.60. The van der Waals surface area contributed by atoms with Crippen molar-refractivity contribution in [2.45, 2.75) is 38.3 Å². The fourth-order valence-corrected chi connectivity index (χ4v) is 2.19. The van der Waals surface area contributed by atoms with E-state index in [1.165, 1.54) is 0 Å². The lowest BCUT2D eigenvalue weighted by Gasteiger charge is -2.13. The molecule has 0 unspecified atom stereocenters. The van der Waals surface area contributed by atoms with Crippen LogP contribution in [0.15, 0.2) is 0 Å². The highest BCUT2D eigenvalue weighted by molar-refractivity contribution is 5.76. The predicted octanol–water partition coefficient (Wildman–Crippen LogP) is 0.622. The van der Waals surface area contributed by atoms with E-state index in [9.17, 15) is 4.79 Å². The summed E-state index contributed by atoms with van der Waals surface area (Å²) in [4.78, 5) is 16.7. The van der Waals surface area contributed by atoms with E-state index in [-0.39, 0.29) is 18.1 Å². The number of ether oxygens (including phenoxy) is 1. The first-order chi connectivity index (χ1) is 6.33. The largest absolute Gasteiger partial charge is 0.465 e. The maximum Gasteiger partial charge on any atom is 0.325 e. The second kappa shape index (κ2) is 3.64. The number of fused-ring (bicyclic) bond motifs is 1. The highest BCUT2D eigenvalue weighted by Crippen LogP contribution is 2.34. The van der Waals surface area contributed by atoms with Crippen molar-refractivity contribution in [2.75, 3.05) is 6.61 Å². The van der Waals surface area contributed by atoms with Crippen molar-refractivity contribution in [3.8, 4) is 0 Å². The summed E-state index contributed by atoms with van der Waals surface area (Å²) in [6.07, 6.45) is 3.52. The zero-order chi connectivity index (χ0) is 9.26. The van der Waals surface area contributed by atoms with Gasteiger partial charge in [0.05, 0.1) is 12.7 Å². The Balaban J connectivity index is 1.96. The Kier molecular flexibility index (Phi) is 2.51. The zero-order valence-electron chi connectivity index (χ0n) is 7.79. The SMILES string of the molecule is CCOC(=O)[C@@H]1NO[C@H]2CCC[C@H]21. The van der Waals surface area contributed by atoms with Crippen LogP contribution < -0.4 is 5.48 Å². The van der Waals surface area contributed by atoms with E-state index in [1.807, 2.05) is 6.92 Å². The van der Waals surface area contributed by atoms with Crippen molar-refractivity contribution in [3.63, 3.8) is 0 Å². The maximum atomic E-state index is 11.4. The molecule has 1 N–H and O–H groups in total.